The first-order valence-electron chi connectivity index (χ1n) is 8.44. The lowest BCUT2D eigenvalue weighted by molar-refractivity contribution is 0.239. The highest BCUT2D eigenvalue weighted by Gasteiger charge is 2.06. The van der Waals surface area contributed by atoms with Crippen LogP contribution in [-0.4, -0.2) is 24.2 Å². The largest absolute Gasteiger partial charge is 0.490 e. The van der Waals surface area contributed by atoms with Crippen LogP contribution in [0.5, 0.6) is 17.4 Å². The normalized spacial score (nSPS) is 10.4. The van der Waals surface area contributed by atoms with Gasteiger partial charge in [-0.15, -0.1) is 0 Å². The van der Waals surface area contributed by atoms with Gasteiger partial charge in [0.15, 0.2) is 11.5 Å². The van der Waals surface area contributed by atoms with Gasteiger partial charge in [0.05, 0.1) is 6.61 Å². The number of urea groups is 1. The third-order valence-corrected chi connectivity index (χ3v) is 3.29. The SMILES string of the molecule is CCOc1ccccc1Oc1ccc(CNC(=O)NCC(C)C)cn1. The van der Waals surface area contributed by atoms with E-state index in [4.69, 9.17) is 9.47 Å². The molecule has 2 N–H and O–H groups in total. The Morgan fingerprint density at radius 1 is 1.12 bits per heavy atom. The van der Waals surface area contributed by atoms with Crippen molar-refractivity contribution in [1.29, 1.82) is 0 Å². The number of para-hydroxylation sites is 2. The highest BCUT2D eigenvalue weighted by Crippen LogP contribution is 2.30. The molecule has 0 aliphatic heterocycles. The molecule has 2 rings (SSSR count). The van der Waals surface area contributed by atoms with Crippen molar-refractivity contribution in [2.45, 2.75) is 27.3 Å². The average molecular weight is 343 g/mol. The maximum atomic E-state index is 11.6. The maximum Gasteiger partial charge on any atom is 0.315 e. The van der Waals surface area contributed by atoms with E-state index in [-0.39, 0.29) is 6.03 Å². The second-order valence-electron chi connectivity index (χ2n) is 5.94. The van der Waals surface area contributed by atoms with Gasteiger partial charge in [-0.05, 0) is 30.5 Å². The van der Waals surface area contributed by atoms with E-state index in [1.807, 2.05) is 51.1 Å². The van der Waals surface area contributed by atoms with Crippen LogP contribution >= 0.6 is 0 Å². The summed E-state index contributed by atoms with van der Waals surface area (Å²) in [7, 11) is 0. The third-order valence-electron chi connectivity index (χ3n) is 3.29. The van der Waals surface area contributed by atoms with E-state index in [1.165, 1.54) is 0 Å². The van der Waals surface area contributed by atoms with E-state index in [9.17, 15) is 4.79 Å². The Labute approximate surface area is 148 Å². The van der Waals surface area contributed by atoms with Gasteiger partial charge in [0.2, 0.25) is 5.88 Å². The minimum Gasteiger partial charge on any atom is -0.490 e. The minimum absolute atomic E-state index is 0.181. The molecular formula is C19H25N3O3. The zero-order valence-electron chi connectivity index (χ0n) is 14.9. The van der Waals surface area contributed by atoms with Crippen LogP contribution in [0.25, 0.3) is 0 Å². The molecule has 6 nitrogen and oxygen atoms in total. The molecule has 0 atom stereocenters. The summed E-state index contributed by atoms with van der Waals surface area (Å²) in [6.07, 6.45) is 1.68. The van der Waals surface area contributed by atoms with Gasteiger partial charge >= 0.3 is 6.03 Å². The Kier molecular flexibility index (Phi) is 7.07. The lowest BCUT2D eigenvalue weighted by Gasteiger charge is -2.11. The van der Waals surface area contributed by atoms with E-state index in [0.717, 1.165) is 5.56 Å². The van der Waals surface area contributed by atoms with Crippen LogP contribution in [0.15, 0.2) is 42.6 Å². The number of benzene rings is 1. The van der Waals surface area contributed by atoms with Crippen LogP contribution in [0.4, 0.5) is 4.79 Å². The van der Waals surface area contributed by atoms with Crippen LogP contribution < -0.4 is 20.1 Å². The molecule has 6 heteroatoms. The molecule has 0 saturated heterocycles. The molecule has 0 aliphatic carbocycles. The van der Waals surface area contributed by atoms with Crippen molar-refractivity contribution in [1.82, 2.24) is 15.6 Å². The summed E-state index contributed by atoms with van der Waals surface area (Å²) in [5, 5.41) is 5.60. The van der Waals surface area contributed by atoms with Crippen molar-refractivity contribution in [3.63, 3.8) is 0 Å². The number of ether oxygens (including phenoxy) is 2. The highest BCUT2D eigenvalue weighted by molar-refractivity contribution is 5.73. The number of carbonyl (C=O) groups excluding carboxylic acids is 1. The Morgan fingerprint density at radius 2 is 1.88 bits per heavy atom. The summed E-state index contributed by atoms with van der Waals surface area (Å²) in [6, 6.07) is 10.9. The number of hydrogen-bond acceptors (Lipinski definition) is 4. The Bertz CT molecular complexity index is 672. The molecule has 0 fully saturated rings. The van der Waals surface area contributed by atoms with Gasteiger partial charge in [0, 0.05) is 25.4 Å². The second kappa shape index (κ2) is 9.52. The number of aromatic nitrogens is 1. The molecule has 2 aromatic rings. The number of carbonyl (C=O) groups is 1. The Hall–Kier alpha value is -2.76. The van der Waals surface area contributed by atoms with Gasteiger partial charge in [-0.25, -0.2) is 9.78 Å². The molecule has 1 heterocycles. The predicted octanol–water partition coefficient (Wildman–Crippen LogP) is 3.73. The molecule has 134 valence electrons. The fourth-order valence-corrected chi connectivity index (χ4v) is 2.04. The number of pyridine rings is 1. The van der Waals surface area contributed by atoms with Gasteiger partial charge in [0.1, 0.15) is 0 Å². The van der Waals surface area contributed by atoms with Crippen molar-refractivity contribution in [2.24, 2.45) is 5.92 Å². The molecule has 0 unspecified atom stereocenters. The molecule has 0 radical (unpaired) electrons. The molecule has 2 amide bonds. The van der Waals surface area contributed by atoms with Gasteiger partial charge in [-0.2, -0.15) is 0 Å². The molecule has 0 bridgehead atoms. The van der Waals surface area contributed by atoms with Crippen molar-refractivity contribution in [3.8, 4) is 17.4 Å². The van der Waals surface area contributed by atoms with Gasteiger partial charge in [-0.1, -0.05) is 32.0 Å². The topological polar surface area (TPSA) is 72.5 Å². The monoisotopic (exact) mass is 343 g/mol. The standard InChI is InChI=1S/C19H25N3O3/c1-4-24-16-7-5-6-8-17(16)25-18-10-9-15(12-20-18)13-22-19(23)21-11-14(2)3/h5-10,12,14H,4,11,13H2,1-3H3,(H2,21,22,23). The Balaban J connectivity index is 1.89. The smallest absolute Gasteiger partial charge is 0.315 e. The fraction of sp³-hybridized carbons (Fsp3) is 0.368. The number of nitrogens with zero attached hydrogens (tertiary/aromatic N) is 1. The highest BCUT2D eigenvalue weighted by atomic mass is 16.5. The predicted molar refractivity (Wildman–Crippen MR) is 97.0 cm³/mol. The number of nitrogens with one attached hydrogen (secondary N) is 2. The molecule has 25 heavy (non-hydrogen) atoms. The summed E-state index contributed by atoms with van der Waals surface area (Å²) >= 11 is 0. The molecule has 0 aliphatic rings. The number of hydrogen-bond donors (Lipinski definition) is 2. The summed E-state index contributed by atoms with van der Waals surface area (Å²) < 4.78 is 11.3. The van der Waals surface area contributed by atoms with Crippen LogP contribution in [0.3, 0.4) is 0 Å². The lowest BCUT2D eigenvalue weighted by Crippen LogP contribution is -2.37. The first-order valence-corrected chi connectivity index (χ1v) is 8.44. The molecule has 1 aromatic heterocycles. The fourth-order valence-electron chi connectivity index (χ4n) is 2.04. The zero-order valence-corrected chi connectivity index (χ0v) is 14.9. The van der Waals surface area contributed by atoms with Crippen LogP contribution in [0.1, 0.15) is 26.3 Å². The van der Waals surface area contributed by atoms with Gasteiger partial charge < -0.3 is 20.1 Å². The van der Waals surface area contributed by atoms with Crippen molar-refractivity contribution < 1.29 is 14.3 Å². The summed E-state index contributed by atoms with van der Waals surface area (Å²) in [4.78, 5) is 15.9. The third kappa shape index (κ3) is 6.33. The van der Waals surface area contributed by atoms with Crippen LogP contribution in [0.2, 0.25) is 0 Å². The van der Waals surface area contributed by atoms with Crippen LogP contribution in [0, 0.1) is 5.92 Å². The van der Waals surface area contributed by atoms with Crippen molar-refractivity contribution in [3.05, 3.63) is 48.2 Å². The lowest BCUT2D eigenvalue weighted by atomic mass is 10.2. The van der Waals surface area contributed by atoms with E-state index in [0.29, 0.717) is 43.0 Å². The molecule has 0 saturated carbocycles. The van der Waals surface area contributed by atoms with Crippen molar-refractivity contribution in [2.75, 3.05) is 13.2 Å². The summed E-state index contributed by atoms with van der Waals surface area (Å²) in [6.45, 7) is 7.65. The quantitative estimate of drug-likeness (QED) is 0.766. The average Bonchev–Trinajstić information content (AvgIpc) is 2.61. The number of rotatable bonds is 8. The maximum absolute atomic E-state index is 11.6. The minimum atomic E-state index is -0.181. The summed E-state index contributed by atoms with van der Waals surface area (Å²) in [5.41, 5.74) is 0.894. The molecular weight excluding hydrogens is 318 g/mol. The second-order valence-corrected chi connectivity index (χ2v) is 5.94. The summed E-state index contributed by atoms with van der Waals surface area (Å²) in [5.74, 6) is 2.19. The first-order chi connectivity index (χ1) is 12.1. The number of amides is 2. The van der Waals surface area contributed by atoms with Gasteiger partial charge in [-0.3, -0.25) is 0 Å². The van der Waals surface area contributed by atoms with E-state index in [1.54, 1.807) is 12.3 Å². The molecule has 1 aromatic carbocycles. The van der Waals surface area contributed by atoms with E-state index < -0.39 is 0 Å². The van der Waals surface area contributed by atoms with Gasteiger partial charge in [0.25, 0.3) is 0 Å². The van der Waals surface area contributed by atoms with E-state index >= 15 is 0 Å². The van der Waals surface area contributed by atoms with E-state index in [2.05, 4.69) is 15.6 Å². The van der Waals surface area contributed by atoms with Crippen LogP contribution in [-0.2, 0) is 6.54 Å². The zero-order chi connectivity index (χ0) is 18.1. The Morgan fingerprint density at radius 3 is 2.52 bits per heavy atom. The van der Waals surface area contributed by atoms with Crippen molar-refractivity contribution >= 4 is 6.03 Å². The molecule has 0 spiro atoms. The first kappa shape index (κ1) is 18.6.